The number of nitrogens with zero attached hydrogens (tertiary/aromatic N) is 1. The SMILES string of the molecule is CCNC(=O)[C@@H](C)N(Cc1ccc(C)cc1)C(=O)COc1ccc(Br)cc1. The highest BCUT2D eigenvalue weighted by molar-refractivity contribution is 9.10. The van der Waals surface area contributed by atoms with Crippen molar-refractivity contribution in [2.45, 2.75) is 33.4 Å². The van der Waals surface area contributed by atoms with Crippen LogP contribution in [0.4, 0.5) is 0 Å². The van der Waals surface area contributed by atoms with Gasteiger partial charge in [-0.05, 0) is 50.6 Å². The first-order chi connectivity index (χ1) is 12.9. The number of hydrogen-bond acceptors (Lipinski definition) is 3. The zero-order valence-corrected chi connectivity index (χ0v) is 17.5. The van der Waals surface area contributed by atoms with Crippen molar-refractivity contribution in [2.24, 2.45) is 0 Å². The minimum absolute atomic E-state index is 0.128. The second-order valence-electron chi connectivity index (χ2n) is 6.32. The van der Waals surface area contributed by atoms with E-state index in [1.807, 2.05) is 50.2 Å². The molecule has 0 radical (unpaired) electrons. The normalized spacial score (nSPS) is 11.6. The monoisotopic (exact) mass is 432 g/mol. The summed E-state index contributed by atoms with van der Waals surface area (Å²) in [6.45, 7) is 6.34. The number of likely N-dealkylation sites (N-methyl/N-ethyl adjacent to an activating group) is 1. The number of benzene rings is 2. The van der Waals surface area contributed by atoms with Gasteiger partial charge in [-0.3, -0.25) is 9.59 Å². The molecule has 2 rings (SSSR count). The molecule has 2 aromatic rings. The van der Waals surface area contributed by atoms with Gasteiger partial charge in [0, 0.05) is 17.6 Å². The maximum atomic E-state index is 12.8. The van der Waals surface area contributed by atoms with Crippen molar-refractivity contribution >= 4 is 27.7 Å². The Morgan fingerprint density at radius 3 is 2.33 bits per heavy atom. The summed E-state index contributed by atoms with van der Waals surface area (Å²) in [6, 6.07) is 14.6. The summed E-state index contributed by atoms with van der Waals surface area (Å²) in [5.74, 6) is 0.186. The Morgan fingerprint density at radius 1 is 1.11 bits per heavy atom. The Kier molecular flexibility index (Phi) is 7.85. The van der Waals surface area contributed by atoms with E-state index in [0.29, 0.717) is 18.8 Å². The van der Waals surface area contributed by atoms with Gasteiger partial charge in [-0.1, -0.05) is 45.8 Å². The molecule has 5 nitrogen and oxygen atoms in total. The van der Waals surface area contributed by atoms with Crippen molar-refractivity contribution in [1.82, 2.24) is 10.2 Å². The van der Waals surface area contributed by atoms with E-state index in [1.54, 1.807) is 24.0 Å². The fraction of sp³-hybridized carbons (Fsp3) is 0.333. The summed E-state index contributed by atoms with van der Waals surface area (Å²) < 4.78 is 6.54. The van der Waals surface area contributed by atoms with E-state index in [-0.39, 0.29) is 18.4 Å². The van der Waals surface area contributed by atoms with Crippen LogP contribution in [-0.4, -0.2) is 35.9 Å². The number of carbonyl (C=O) groups excluding carboxylic acids is 2. The summed E-state index contributed by atoms with van der Waals surface area (Å²) in [5, 5.41) is 2.78. The van der Waals surface area contributed by atoms with Gasteiger partial charge in [0.05, 0.1) is 0 Å². The van der Waals surface area contributed by atoms with E-state index in [4.69, 9.17) is 4.74 Å². The zero-order valence-electron chi connectivity index (χ0n) is 15.9. The van der Waals surface area contributed by atoms with Gasteiger partial charge in [0.15, 0.2) is 6.61 Å². The van der Waals surface area contributed by atoms with E-state index < -0.39 is 6.04 Å². The number of amides is 2. The second-order valence-corrected chi connectivity index (χ2v) is 7.24. The number of nitrogens with one attached hydrogen (secondary N) is 1. The number of rotatable bonds is 8. The minimum Gasteiger partial charge on any atom is -0.484 e. The van der Waals surface area contributed by atoms with Crippen LogP contribution in [0.5, 0.6) is 5.75 Å². The summed E-state index contributed by atoms with van der Waals surface area (Å²) in [6.07, 6.45) is 0. The molecule has 2 amide bonds. The molecule has 144 valence electrons. The highest BCUT2D eigenvalue weighted by Gasteiger charge is 2.26. The van der Waals surface area contributed by atoms with Crippen LogP contribution in [0, 0.1) is 6.92 Å². The first-order valence-electron chi connectivity index (χ1n) is 8.91. The molecular weight excluding hydrogens is 408 g/mol. The maximum Gasteiger partial charge on any atom is 0.261 e. The van der Waals surface area contributed by atoms with Crippen molar-refractivity contribution in [2.75, 3.05) is 13.2 Å². The van der Waals surface area contributed by atoms with Crippen molar-refractivity contribution in [3.8, 4) is 5.75 Å². The molecule has 0 unspecified atom stereocenters. The molecule has 2 aromatic carbocycles. The number of carbonyl (C=O) groups is 2. The van der Waals surface area contributed by atoms with Gasteiger partial charge in [0.25, 0.3) is 5.91 Å². The highest BCUT2D eigenvalue weighted by atomic mass is 79.9. The lowest BCUT2D eigenvalue weighted by Crippen LogP contribution is -2.49. The molecule has 0 aliphatic heterocycles. The molecule has 0 bridgehead atoms. The molecule has 1 N–H and O–H groups in total. The molecule has 1 atom stereocenters. The van der Waals surface area contributed by atoms with Gasteiger partial charge < -0.3 is 15.0 Å². The largest absolute Gasteiger partial charge is 0.484 e. The minimum atomic E-state index is -0.590. The van der Waals surface area contributed by atoms with E-state index in [2.05, 4.69) is 21.2 Å². The van der Waals surface area contributed by atoms with Crippen LogP contribution in [0.3, 0.4) is 0 Å². The number of halogens is 1. The summed E-state index contributed by atoms with van der Waals surface area (Å²) >= 11 is 3.37. The third-order valence-corrected chi connectivity index (χ3v) is 4.70. The Hall–Kier alpha value is -2.34. The van der Waals surface area contributed by atoms with Gasteiger partial charge in [-0.25, -0.2) is 0 Å². The predicted octanol–water partition coefficient (Wildman–Crippen LogP) is 3.69. The highest BCUT2D eigenvalue weighted by Crippen LogP contribution is 2.17. The Balaban J connectivity index is 2.11. The summed E-state index contributed by atoms with van der Waals surface area (Å²) in [5.41, 5.74) is 2.11. The first kappa shape index (κ1) is 21.0. The summed E-state index contributed by atoms with van der Waals surface area (Å²) in [4.78, 5) is 26.7. The topological polar surface area (TPSA) is 58.6 Å². The molecule has 0 fully saturated rings. The lowest BCUT2D eigenvalue weighted by molar-refractivity contribution is -0.142. The van der Waals surface area contributed by atoms with Gasteiger partial charge in [-0.15, -0.1) is 0 Å². The third-order valence-electron chi connectivity index (χ3n) is 4.17. The fourth-order valence-corrected chi connectivity index (χ4v) is 2.82. The van der Waals surface area contributed by atoms with Crippen LogP contribution in [0.1, 0.15) is 25.0 Å². The standard InChI is InChI=1S/C21H25BrN2O3/c1-4-23-21(26)16(3)24(13-17-7-5-15(2)6-8-17)20(25)14-27-19-11-9-18(22)10-12-19/h5-12,16H,4,13-14H2,1-3H3,(H,23,26)/t16-/m1/s1. The van der Waals surface area contributed by atoms with Crippen molar-refractivity contribution < 1.29 is 14.3 Å². The van der Waals surface area contributed by atoms with Crippen LogP contribution in [-0.2, 0) is 16.1 Å². The number of hydrogen-bond donors (Lipinski definition) is 1. The van der Waals surface area contributed by atoms with Crippen LogP contribution < -0.4 is 10.1 Å². The molecule has 0 spiro atoms. The average molecular weight is 433 g/mol. The van der Waals surface area contributed by atoms with Gasteiger partial charge in [0.2, 0.25) is 5.91 Å². The Bertz CT molecular complexity index is 760. The molecule has 0 saturated heterocycles. The van der Waals surface area contributed by atoms with Gasteiger partial charge in [-0.2, -0.15) is 0 Å². The molecule has 0 aliphatic carbocycles. The molecule has 0 aliphatic rings. The number of aryl methyl sites for hydroxylation is 1. The van der Waals surface area contributed by atoms with E-state index in [1.165, 1.54) is 0 Å². The van der Waals surface area contributed by atoms with Crippen LogP contribution in [0.2, 0.25) is 0 Å². The van der Waals surface area contributed by atoms with E-state index >= 15 is 0 Å². The van der Waals surface area contributed by atoms with Crippen molar-refractivity contribution in [3.63, 3.8) is 0 Å². The first-order valence-corrected chi connectivity index (χ1v) is 9.71. The molecule has 0 saturated carbocycles. The maximum absolute atomic E-state index is 12.8. The van der Waals surface area contributed by atoms with Crippen LogP contribution >= 0.6 is 15.9 Å². The second kappa shape index (κ2) is 10.1. The molecule has 6 heteroatoms. The van der Waals surface area contributed by atoms with Gasteiger partial charge >= 0.3 is 0 Å². The van der Waals surface area contributed by atoms with Gasteiger partial charge in [0.1, 0.15) is 11.8 Å². The van der Waals surface area contributed by atoms with E-state index in [0.717, 1.165) is 15.6 Å². The van der Waals surface area contributed by atoms with E-state index in [9.17, 15) is 9.59 Å². The zero-order chi connectivity index (χ0) is 19.8. The Morgan fingerprint density at radius 2 is 1.74 bits per heavy atom. The lowest BCUT2D eigenvalue weighted by Gasteiger charge is -2.28. The van der Waals surface area contributed by atoms with Crippen molar-refractivity contribution in [1.29, 1.82) is 0 Å². The fourth-order valence-electron chi connectivity index (χ4n) is 2.55. The average Bonchev–Trinajstić information content (AvgIpc) is 2.66. The molecule has 0 aromatic heterocycles. The smallest absolute Gasteiger partial charge is 0.261 e. The Labute approximate surface area is 168 Å². The van der Waals surface area contributed by atoms with Crippen molar-refractivity contribution in [3.05, 3.63) is 64.1 Å². The summed E-state index contributed by atoms with van der Waals surface area (Å²) in [7, 11) is 0. The van der Waals surface area contributed by atoms with Crippen LogP contribution in [0.15, 0.2) is 53.0 Å². The van der Waals surface area contributed by atoms with Crippen LogP contribution in [0.25, 0.3) is 0 Å². The molecule has 0 heterocycles. The predicted molar refractivity (Wildman–Crippen MR) is 110 cm³/mol. The quantitative estimate of drug-likeness (QED) is 0.691. The number of ether oxygens (including phenoxy) is 1. The lowest BCUT2D eigenvalue weighted by atomic mass is 10.1. The third kappa shape index (κ3) is 6.40. The molecule has 27 heavy (non-hydrogen) atoms. The molecular formula is C21H25BrN2O3.